The summed E-state index contributed by atoms with van der Waals surface area (Å²) in [5, 5.41) is 26.9. The number of rotatable bonds is 16. The molecule has 2 aromatic carbocycles. The van der Waals surface area contributed by atoms with Crippen LogP contribution in [0, 0.1) is 0 Å². The number of thioether (sulfide) groups is 1. The third-order valence-corrected chi connectivity index (χ3v) is 6.75. The summed E-state index contributed by atoms with van der Waals surface area (Å²) >= 11 is 1.50. The van der Waals surface area contributed by atoms with E-state index in [-0.39, 0.29) is 18.6 Å². The fourth-order valence-corrected chi connectivity index (χ4v) is 4.25. The Hall–Kier alpha value is -4.63. The second-order valence-electron chi connectivity index (χ2n) is 10.00. The van der Waals surface area contributed by atoms with Gasteiger partial charge in [0, 0.05) is 13.3 Å². The van der Waals surface area contributed by atoms with Crippen molar-refractivity contribution in [2.24, 2.45) is 11.5 Å². The Morgan fingerprint density at radius 2 is 1.40 bits per heavy atom. The van der Waals surface area contributed by atoms with Crippen LogP contribution in [-0.4, -0.2) is 88.4 Å². The summed E-state index contributed by atoms with van der Waals surface area (Å²) in [6, 6.07) is 11.4. The maximum atomic E-state index is 13.0. The molecule has 0 spiro atoms. The Morgan fingerprint density at radius 1 is 0.822 bits per heavy atom. The van der Waals surface area contributed by atoms with Gasteiger partial charge in [-0.2, -0.15) is 11.8 Å². The van der Waals surface area contributed by atoms with Gasteiger partial charge in [-0.05, 0) is 55.0 Å². The Bertz CT molecular complexity index is 1270. The summed E-state index contributed by atoms with van der Waals surface area (Å²) in [5.41, 5.74) is 12.9. The van der Waals surface area contributed by atoms with E-state index < -0.39 is 66.2 Å². The van der Waals surface area contributed by atoms with E-state index in [0.717, 1.165) is 18.1 Å². The Morgan fingerprint density at radius 3 is 1.96 bits per heavy atom. The van der Waals surface area contributed by atoms with Crippen LogP contribution in [0.15, 0.2) is 54.6 Å². The molecule has 0 saturated heterocycles. The fourth-order valence-electron chi connectivity index (χ4n) is 3.78. The summed E-state index contributed by atoms with van der Waals surface area (Å²) in [7, 11) is 0. The van der Waals surface area contributed by atoms with Crippen LogP contribution < -0.4 is 32.7 Å². The molecule has 2 rings (SSSR count). The summed E-state index contributed by atoms with van der Waals surface area (Å²) in [6.45, 7) is 2.07. The molecule has 0 heterocycles. The van der Waals surface area contributed by atoms with Crippen molar-refractivity contribution in [3.05, 3.63) is 65.7 Å². The average Bonchev–Trinajstić information content (AvgIpc) is 2.98. The van der Waals surface area contributed by atoms with E-state index in [0.29, 0.717) is 12.2 Å². The van der Waals surface area contributed by atoms with E-state index in [4.69, 9.17) is 21.4 Å². The molecule has 0 aromatic heterocycles. The molecule has 5 amide bonds. The Labute approximate surface area is 266 Å². The van der Waals surface area contributed by atoms with Crippen LogP contribution in [0.25, 0.3) is 0 Å². The van der Waals surface area contributed by atoms with Crippen LogP contribution in [0.5, 0.6) is 5.75 Å². The number of carbonyl (C=O) groups excluding carboxylic acids is 5. The van der Waals surface area contributed by atoms with Gasteiger partial charge in [0.1, 0.15) is 23.9 Å². The van der Waals surface area contributed by atoms with Crippen LogP contribution in [0.4, 0.5) is 0 Å². The molecule has 0 unspecified atom stereocenters. The molecule has 0 fully saturated rings. The minimum Gasteiger partial charge on any atom is -0.508 e. The molecule has 2 aromatic rings. The Kier molecular flexibility index (Phi) is 17.4. The lowest BCUT2D eigenvalue weighted by molar-refractivity contribution is -0.134. The number of carbonyl (C=O) groups is 6. The lowest BCUT2D eigenvalue weighted by Crippen LogP contribution is -2.56. The smallest absolute Gasteiger partial charge is 0.300 e. The second kappa shape index (κ2) is 20.3. The van der Waals surface area contributed by atoms with Crippen LogP contribution in [0.1, 0.15) is 31.4 Å². The normalized spacial score (nSPS) is 13.0. The first-order valence-corrected chi connectivity index (χ1v) is 15.4. The standard InChI is InChI=1S/C28H38N6O6S.C2H4O2/c1-17(32-27(39)21(29)14-19-8-10-20(35)11-9-19)26(38)31-16-24(36)33-23(15-18-6-4-3-5-7-18)28(40)34-22(25(30)37)12-13-41-2;1-2(3)4/h3-11,17,21-23,35H,12-16,29H2,1-2H3,(H2,30,37)(H,31,38)(H,32,39)(H,33,36)(H,34,40);1H3,(H,3,4)/t17-,21+,22-,23+;/m1./s1. The third kappa shape index (κ3) is 16.1. The number of phenols is 1. The number of amides is 5. The number of nitrogens with one attached hydrogen (secondary N) is 4. The predicted octanol–water partition coefficient (Wildman–Crippen LogP) is -0.575. The van der Waals surface area contributed by atoms with E-state index in [1.54, 1.807) is 36.4 Å². The summed E-state index contributed by atoms with van der Waals surface area (Å²) in [4.78, 5) is 71.5. The molecule has 0 aliphatic heterocycles. The fraction of sp³-hybridized carbons (Fsp3) is 0.400. The number of aromatic hydroxyl groups is 1. The predicted molar refractivity (Wildman–Crippen MR) is 170 cm³/mol. The van der Waals surface area contributed by atoms with Crippen molar-refractivity contribution < 1.29 is 39.0 Å². The molecule has 10 N–H and O–H groups in total. The SMILES string of the molecule is CC(=O)O.CSCC[C@@H](NC(=O)[C@H](Cc1ccccc1)NC(=O)CNC(=O)[C@@H](C)NC(=O)[C@@H](N)Cc1ccc(O)cc1)C(N)=O. The van der Waals surface area contributed by atoms with Gasteiger partial charge in [-0.1, -0.05) is 42.5 Å². The van der Waals surface area contributed by atoms with Crippen molar-refractivity contribution in [1.29, 1.82) is 0 Å². The van der Waals surface area contributed by atoms with Crippen LogP contribution >= 0.6 is 11.8 Å². The summed E-state index contributed by atoms with van der Waals surface area (Å²) in [6.07, 6.45) is 2.55. The van der Waals surface area contributed by atoms with Crippen molar-refractivity contribution >= 4 is 47.3 Å². The van der Waals surface area contributed by atoms with Crippen LogP contribution in [0.2, 0.25) is 0 Å². The number of primary amides is 1. The number of hydrogen-bond donors (Lipinski definition) is 8. The third-order valence-electron chi connectivity index (χ3n) is 6.11. The molecule has 0 aliphatic rings. The maximum absolute atomic E-state index is 13.0. The van der Waals surface area contributed by atoms with E-state index in [9.17, 15) is 29.1 Å². The molecular weight excluding hydrogens is 604 g/mol. The Balaban J connectivity index is 0.00000238. The highest BCUT2D eigenvalue weighted by Crippen LogP contribution is 2.11. The number of benzene rings is 2. The average molecular weight is 647 g/mol. The minimum atomic E-state index is -1.03. The molecular formula is C30H42N6O8S. The van der Waals surface area contributed by atoms with E-state index in [2.05, 4.69) is 21.3 Å². The molecule has 0 bridgehead atoms. The number of aliphatic carboxylic acids is 1. The first-order chi connectivity index (χ1) is 21.2. The van der Waals surface area contributed by atoms with Gasteiger partial charge in [0.25, 0.3) is 5.97 Å². The van der Waals surface area contributed by atoms with Crippen molar-refractivity contribution in [1.82, 2.24) is 21.3 Å². The number of carboxylic acid groups (broad SMARTS) is 1. The van der Waals surface area contributed by atoms with Gasteiger partial charge in [0.05, 0.1) is 12.6 Å². The highest BCUT2D eigenvalue weighted by molar-refractivity contribution is 7.98. The topological polar surface area (TPSA) is 243 Å². The quantitative estimate of drug-likeness (QED) is 0.115. The van der Waals surface area contributed by atoms with Crippen LogP contribution in [0.3, 0.4) is 0 Å². The number of phenolic OH excluding ortho intramolecular Hbond substituents is 1. The zero-order valence-corrected chi connectivity index (χ0v) is 26.3. The first-order valence-electron chi connectivity index (χ1n) is 14.0. The zero-order valence-electron chi connectivity index (χ0n) is 25.4. The molecule has 45 heavy (non-hydrogen) atoms. The van der Waals surface area contributed by atoms with Crippen LogP contribution in [-0.2, 0) is 41.6 Å². The molecule has 0 saturated carbocycles. The van der Waals surface area contributed by atoms with E-state index in [1.165, 1.54) is 30.8 Å². The highest BCUT2D eigenvalue weighted by atomic mass is 32.2. The number of carboxylic acids is 1. The molecule has 15 heteroatoms. The van der Waals surface area contributed by atoms with Gasteiger partial charge in [-0.25, -0.2) is 0 Å². The van der Waals surface area contributed by atoms with Gasteiger partial charge in [0.15, 0.2) is 0 Å². The van der Waals surface area contributed by atoms with Gasteiger partial charge in [-0.15, -0.1) is 0 Å². The minimum absolute atomic E-state index is 0.0918. The van der Waals surface area contributed by atoms with Crippen molar-refractivity contribution in [2.45, 2.75) is 57.3 Å². The second-order valence-corrected chi connectivity index (χ2v) is 11.0. The van der Waals surface area contributed by atoms with Gasteiger partial charge < -0.3 is 42.9 Å². The van der Waals surface area contributed by atoms with E-state index in [1.807, 2.05) is 12.3 Å². The monoisotopic (exact) mass is 646 g/mol. The van der Waals surface area contributed by atoms with E-state index >= 15 is 0 Å². The summed E-state index contributed by atoms with van der Waals surface area (Å²) < 4.78 is 0. The van der Waals surface area contributed by atoms with Gasteiger partial charge in [0.2, 0.25) is 29.5 Å². The first kappa shape index (κ1) is 38.4. The zero-order chi connectivity index (χ0) is 33.9. The lowest BCUT2D eigenvalue weighted by Gasteiger charge is -2.22. The summed E-state index contributed by atoms with van der Waals surface area (Å²) in [5.74, 6) is -3.22. The van der Waals surface area contributed by atoms with Crippen molar-refractivity contribution in [3.63, 3.8) is 0 Å². The largest absolute Gasteiger partial charge is 0.508 e. The maximum Gasteiger partial charge on any atom is 0.300 e. The number of nitrogens with two attached hydrogens (primary N) is 2. The molecule has 0 aliphatic carbocycles. The molecule has 14 nitrogen and oxygen atoms in total. The molecule has 0 radical (unpaired) electrons. The van der Waals surface area contributed by atoms with Gasteiger partial charge in [-0.3, -0.25) is 28.8 Å². The van der Waals surface area contributed by atoms with Crippen molar-refractivity contribution in [2.75, 3.05) is 18.6 Å². The molecule has 4 atom stereocenters. The highest BCUT2D eigenvalue weighted by Gasteiger charge is 2.26. The van der Waals surface area contributed by atoms with Crippen molar-refractivity contribution in [3.8, 4) is 5.75 Å². The number of hydrogen-bond acceptors (Lipinski definition) is 9. The molecule has 246 valence electrons. The van der Waals surface area contributed by atoms with Gasteiger partial charge >= 0.3 is 0 Å². The lowest BCUT2D eigenvalue weighted by atomic mass is 10.0.